The summed E-state index contributed by atoms with van der Waals surface area (Å²) in [4.78, 5) is 0. The van der Waals surface area contributed by atoms with Crippen molar-refractivity contribution in [1.29, 1.82) is 0 Å². The lowest BCUT2D eigenvalue weighted by atomic mass is 10.1. The molecule has 0 aromatic carbocycles. The minimum atomic E-state index is -3.65. The maximum absolute atomic E-state index is 12.0. The first-order chi connectivity index (χ1) is 7.75. The van der Waals surface area contributed by atoms with Gasteiger partial charge in [-0.3, -0.25) is 0 Å². The SMILES string of the molecule is CC(C)C(N)CNS(=O)(=O)c1c(Br)nnn1C. The maximum atomic E-state index is 12.0. The zero-order valence-corrected chi connectivity index (χ0v) is 12.3. The lowest BCUT2D eigenvalue weighted by Gasteiger charge is -2.16. The Bertz CT molecular complexity index is 465. The number of rotatable bonds is 5. The van der Waals surface area contributed by atoms with E-state index in [0.717, 1.165) is 0 Å². The third-order valence-electron chi connectivity index (χ3n) is 2.36. The van der Waals surface area contributed by atoms with Gasteiger partial charge >= 0.3 is 0 Å². The first kappa shape index (κ1) is 14.6. The van der Waals surface area contributed by atoms with E-state index >= 15 is 0 Å². The van der Waals surface area contributed by atoms with E-state index in [1.165, 1.54) is 11.7 Å². The number of hydrogen-bond acceptors (Lipinski definition) is 5. The van der Waals surface area contributed by atoms with Crippen LogP contribution in [0.2, 0.25) is 0 Å². The lowest BCUT2D eigenvalue weighted by Crippen LogP contribution is -2.40. The molecule has 3 N–H and O–H groups in total. The lowest BCUT2D eigenvalue weighted by molar-refractivity contribution is 0.479. The predicted octanol–water partition coefficient (Wildman–Crippen LogP) is -0.161. The number of nitrogens with two attached hydrogens (primary N) is 1. The molecular weight excluding hydrogens is 310 g/mol. The van der Waals surface area contributed by atoms with Gasteiger partial charge in [0.25, 0.3) is 10.0 Å². The summed E-state index contributed by atoms with van der Waals surface area (Å²) in [5, 5.41) is 7.23. The van der Waals surface area contributed by atoms with Crippen LogP contribution in [0.4, 0.5) is 0 Å². The Balaban J connectivity index is 2.84. The summed E-state index contributed by atoms with van der Waals surface area (Å²) in [7, 11) is -2.14. The van der Waals surface area contributed by atoms with Gasteiger partial charge in [0.2, 0.25) is 5.03 Å². The summed E-state index contributed by atoms with van der Waals surface area (Å²) in [5.74, 6) is 0.200. The van der Waals surface area contributed by atoms with Crippen molar-refractivity contribution in [2.45, 2.75) is 24.9 Å². The average Bonchev–Trinajstić information content (AvgIpc) is 2.55. The van der Waals surface area contributed by atoms with Crippen molar-refractivity contribution in [2.24, 2.45) is 18.7 Å². The van der Waals surface area contributed by atoms with E-state index in [2.05, 4.69) is 31.0 Å². The van der Waals surface area contributed by atoms with E-state index in [1.807, 2.05) is 13.8 Å². The number of hydrogen-bond donors (Lipinski definition) is 2. The van der Waals surface area contributed by atoms with E-state index < -0.39 is 10.0 Å². The third-order valence-corrected chi connectivity index (χ3v) is 4.67. The highest BCUT2D eigenvalue weighted by Gasteiger charge is 2.24. The molecule has 0 fully saturated rings. The van der Waals surface area contributed by atoms with E-state index in [4.69, 9.17) is 5.73 Å². The smallest absolute Gasteiger partial charge is 0.260 e. The molecule has 9 heteroatoms. The largest absolute Gasteiger partial charge is 0.326 e. The highest BCUT2D eigenvalue weighted by atomic mass is 79.9. The molecule has 0 aliphatic carbocycles. The topological polar surface area (TPSA) is 103 Å². The van der Waals surface area contributed by atoms with Crippen molar-refractivity contribution in [3.05, 3.63) is 4.60 Å². The summed E-state index contributed by atoms with van der Waals surface area (Å²) in [6.07, 6.45) is 0. The van der Waals surface area contributed by atoms with Crippen LogP contribution >= 0.6 is 15.9 Å². The third kappa shape index (κ3) is 3.47. The van der Waals surface area contributed by atoms with Gasteiger partial charge in [-0.05, 0) is 21.8 Å². The molecule has 1 aromatic rings. The minimum Gasteiger partial charge on any atom is -0.326 e. The van der Waals surface area contributed by atoms with Crippen molar-refractivity contribution in [1.82, 2.24) is 19.7 Å². The fourth-order valence-electron chi connectivity index (χ4n) is 1.12. The Labute approximate surface area is 109 Å². The van der Waals surface area contributed by atoms with Crippen LogP contribution in [0, 0.1) is 5.92 Å². The van der Waals surface area contributed by atoms with Gasteiger partial charge in [0.05, 0.1) is 0 Å². The molecule has 0 aliphatic heterocycles. The number of nitrogens with one attached hydrogen (secondary N) is 1. The van der Waals surface area contributed by atoms with Gasteiger partial charge in [-0.25, -0.2) is 17.8 Å². The Kier molecular flexibility index (Phi) is 4.64. The molecule has 1 heterocycles. The number of halogens is 1. The molecule has 17 heavy (non-hydrogen) atoms. The Morgan fingerprint density at radius 1 is 1.53 bits per heavy atom. The van der Waals surface area contributed by atoms with Crippen LogP contribution in [0.25, 0.3) is 0 Å². The van der Waals surface area contributed by atoms with E-state index in [0.29, 0.717) is 0 Å². The van der Waals surface area contributed by atoms with Crippen molar-refractivity contribution in [2.75, 3.05) is 6.54 Å². The molecule has 0 saturated carbocycles. The van der Waals surface area contributed by atoms with Crippen LogP contribution in [0.3, 0.4) is 0 Å². The fraction of sp³-hybridized carbons (Fsp3) is 0.750. The number of aryl methyl sites for hydroxylation is 1. The molecule has 0 amide bonds. The number of aromatic nitrogens is 3. The number of nitrogens with zero attached hydrogens (tertiary/aromatic N) is 3. The van der Waals surface area contributed by atoms with E-state index in [-0.39, 0.29) is 28.1 Å². The summed E-state index contributed by atoms with van der Waals surface area (Å²) in [6, 6.07) is -0.232. The van der Waals surface area contributed by atoms with Gasteiger partial charge in [0.15, 0.2) is 4.60 Å². The minimum absolute atomic E-state index is 0.00606. The van der Waals surface area contributed by atoms with Crippen LogP contribution in [-0.4, -0.2) is 36.0 Å². The highest BCUT2D eigenvalue weighted by molar-refractivity contribution is 9.10. The van der Waals surface area contributed by atoms with Gasteiger partial charge in [0, 0.05) is 19.6 Å². The quantitative estimate of drug-likeness (QED) is 0.783. The summed E-state index contributed by atoms with van der Waals surface area (Å²) >= 11 is 3.04. The van der Waals surface area contributed by atoms with Crippen molar-refractivity contribution < 1.29 is 8.42 Å². The van der Waals surface area contributed by atoms with Crippen LogP contribution in [0.5, 0.6) is 0 Å². The second-order valence-electron chi connectivity index (χ2n) is 4.07. The van der Waals surface area contributed by atoms with E-state index in [1.54, 1.807) is 0 Å². The van der Waals surface area contributed by atoms with Gasteiger partial charge in [-0.15, -0.1) is 5.10 Å². The zero-order valence-electron chi connectivity index (χ0n) is 9.88. The summed E-state index contributed by atoms with van der Waals surface area (Å²) in [6.45, 7) is 4.04. The van der Waals surface area contributed by atoms with Gasteiger partial charge in [-0.1, -0.05) is 19.1 Å². The Morgan fingerprint density at radius 3 is 2.53 bits per heavy atom. The molecule has 7 nitrogen and oxygen atoms in total. The number of sulfonamides is 1. The molecule has 98 valence electrons. The second kappa shape index (κ2) is 5.42. The standard InChI is InChI=1S/C8H16BrN5O2S/c1-5(2)6(10)4-11-17(15,16)8-7(9)12-13-14(8)3/h5-6,11H,4,10H2,1-3H3. The Morgan fingerprint density at radius 2 is 2.12 bits per heavy atom. The summed E-state index contributed by atoms with van der Waals surface area (Å²) < 4.78 is 27.7. The molecule has 0 saturated heterocycles. The van der Waals surface area contributed by atoms with Crippen molar-refractivity contribution in [3.8, 4) is 0 Å². The molecule has 1 aromatic heterocycles. The monoisotopic (exact) mass is 325 g/mol. The van der Waals surface area contributed by atoms with Gasteiger partial charge in [-0.2, -0.15) is 0 Å². The predicted molar refractivity (Wildman–Crippen MR) is 66.7 cm³/mol. The van der Waals surface area contributed by atoms with Crippen molar-refractivity contribution >= 4 is 26.0 Å². The molecule has 0 radical (unpaired) electrons. The molecule has 0 spiro atoms. The summed E-state index contributed by atoms with van der Waals surface area (Å²) in [5.41, 5.74) is 5.78. The van der Waals surface area contributed by atoms with Crippen molar-refractivity contribution in [3.63, 3.8) is 0 Å². The van der Waals surface area contributed by atoms with Gasteiger partial charge < -0.3 is 5.73 Å². The average molecular weight is 326 g/mol. The normalized spacial score (nSPS) is 14.2. The van der Waals surface area contributed by atoms with Crippen LogP contribution in [0.1, 0.15) is 13.8 Å². The first-order valence-corrected chi connectivity index (χ1v) is 7.33. The van der Waals surface area contributed by atoms with Gasteiger partial charge in [0.1, 0.15) is 0 Å². The molecule has 0 bridgehead atoms. The molecular formula is C8H16BrN5O2S. The molecule has 1 atom stereocenters. The highest BCUT2D eigenvalue weighted by Crippen LogP contribution is 2.17. The maximum Gasteiger partial charge on any atom is 0.260 e. The molecule has 0 aliphatic rings. The fourth-order valence-corrected chi connectivity index (χ4v) is 3.28. The van der Waals surface area contributed by atoms with Crippen LogP contribution in [-0.2, 0) is 17.1 Å². The van der Waals surface area contributed by atoms with E-state index in [9.17, 15) is 8.42 Å². The van der Waals surface area contributed by atoms with Crippen LogP contribution in [0.15, 0.2) is 9.63 Å². The Hall–Kier alpha value is -0.510. The zero-order chi connectivity index (χ0) is 13.2. The molecule has 1 unspecified atom stereocenters. The first-order valence-electron chi connectivity index (χ1n) is 5.06. The molecule has 1 rings (SSSR count). The second-order valence-corrected chi connectivity index (χ2v) is 6.50. The van der Waals surface area contributed by atoms with Crippen LogP contribution < -0.4 is 10.5 Å².